The predicted molar refractivity (Wildman–Crippen MR) is 84.8 cm³/mol. The average Bonchev–Trinajstić information content (AvgIpc) is 2.65. The summed E-state index contributed by atoms with van der Waals surface area (Å²) >= 11 is 1.83. The van der Waals surface area contributed by atoms with Crippen LogP contribution in [0.15, 0.2) is 0 Å². The molecule has 1 aromatic rings. The van der Waals surface area contributed by atoms with E-state index in [0.29, 0.717) is 0 Å². The molecule has 0 unspecified atom stereocenters. The molecule has 0 saturated carbocycles. The summed E-state index contributed by atoms with van der Waals surface area (Å²) in [5, 5.41) is 4.58. The van der Waals surface area contributed by atoms with E-state index in [2.05, 4.69) is 29.1 Å². The maximum Gasteiger partial charge on any atom is 0.185 e. The van der Waals surface area contributed by atoms with E-state index in [4.69, 9.17) is 9.72 Å². The minimum absolute atomic E-state index is 0.753. The number of rotatable bonds is 6. The van der Waals surface area contributed by atoms with Crippen LogP contribution >= 0.6 is 11.3 Å². The van der Waals surface area contributed by atoms with Crippen LogP contribution in [-0.2, 0) is 11.3 Å². The molecule has 2 rings (SSSR count). The Morgan fingerprint density at radius 1 is 1.30 bits per heavy atom. The van der Waals surface area contributed by atoms with Gasteiger partial charge in [-0.2, -0.15) is 0 Å². The van der Waals surface area contributed by atoms with E-state index in [0.717, 1.165) is 45.0 Å². The molecule has 0 radical (unpaired) electrons. The Bertz CT molecular complexity index is 410. The smallest absolute Gasteiger partial charge is 0.185 e. The zero-order valence-corrected chi connectivity index (χ0v) is 13.6. The number of ether oxygens (including phenoxy) is 1. The van der Waals surface area contributed by atoms with E-state index in [-0.39, 0.29) is 0 Å². The second-order valence-corrected chi connectivity index (χ2v) is 6.38. The highest BCUT2D eigenvalue weighted by Gasteiger charge is 2.17. The fourth-order valence-electron chi connectivity index (χ4n) is 2.33. The van der Waals surface area contributed by atoms with Gasteiger partial charge in [0, 0.05) is 44.7 Å². The summed E-state index contributed by atoms with van der Waals surface area (Å²) in [6.07, 6.45) is 1.22. The van der Waals surface area contributed by atoms with E-state index < -0.39 is 0 Å². The Morgan fingerprint density at radius 2 is 2.15 bits per heavy atom. The quantitative estimate of drug-likeness (QED) is 0.803. The van der Waals surface area contributed by atoms with E-state index in [1.807, 2.05) is 11.3 Å². The molecule has 1 fully saturated rings. The van der Waals surface area contributed by atoms with Crippen molar-refractivity contribution in [3.05, 3.63) is 10.6 Å². The monoisotopic (exact) mass is 298 g/mol. The molecule has 0 aromatic carbocycles. The fourth-order valence-corrected chi connectivity index (χ4v) is 3.41. The first-order valence-corrected chi connectivity index (χ1v) is 8.12. The van der Waals surface area contributed by atoms with Gasteiger partial charge >= 0.3 is 0 Å². The molecule has 1 saturated heterocycles. The van der Waals surface area contributed by atoms with Crippen LogP contribution in [0, 0.1) is 6.92 Å². The third-order valence-corrected chi connectivity index (χ3v) is 4.86. The Balaban J connectivity index is 1.92. The first-order chi connectivity index (χ1) is 9.70. The third kappa shape index (κ3) is 4.41. The van der Waals surface area contributed by atoms with Gasteiger partial charge in [-0.1, -0.05) is 0 Å². The van der Waals surface area contributed by atoms with Gasteiger partial charge in [0.05, 0.1) is 12.3 Å². The van der Waals surface area contributed by atoms with Crippen LogP contribution in [0.5, 0.6) is 0 Å². The third-order valence-electron chi connectivity index (χ3n) is 3.64. The highest BCUT2D eigenvalue weighted by atomic mass is 32.1. The number of methoxy groups -OCH3 is 1. The molecule has 0 bridgehead atoms. The Labute approximate surface area is 125 Å². The molecule has 0 aliphatic carbocycles. The highest BCUT2D eigenvalue weighted by Crippen LogP contribution is 2.26. The SMILES string of the molecule is COCCNCc1sc(N2CCCN(C)CC2)nc1C. The molecular weight excluding hydrogens is 272 g/mol. The lowest BCUT2D eigenvalue weighted by Crippen LogP contribution is -2.28. The molecular formula is C14H26N4OS. The minimum Gasteiger partial charge on any atom is -0.383 e. The van der Waals surface area contributed by atoms with Crippen molar-refractivity contribution in [1.29, 1.82) is 0 Å². The van der Waals surface area contributed by atoms with Gasteiger partial charge in [0.15, 0.2) is 5.13 Å². The van der Waals surface area contributed by atoms with Crippen molar-refractivity contribution in [3.63, 3.8) is 0 Å². The molecule has 1 aliphatic rings. The number of thiazole rings is 1. The van der Waals surface area contributed by atoms with Crippen LogP contribution in [0.2, 0.25) is 0 Å². The zero-order chi connectivity index (χ0) is 14.4. The second-order valence-electron chi connectivity index (χ2n) is 5.32. The number of aryl methyl sites for hydroxylation is 1. The van der Waals surface area contributed by atoms with E-state index >= 15 is 0 Å². The van der Waals surface area contributed by atoms with Crippen molar-refractivity contribution in [3.8, 4) is 0 Å². The molecule has 20 heavy (non-hydrogen) atoms. The van der Waals surface area contributed by atoms with Gasteiger partial charge in [-0.15, -0.1) is 11.3 Å². The highest BCUT2D eigenvalue weighted by molar-refractivity contribution is 7.15. The lowest BCUT2D eigenvalue weighted by Gasteiger charge is -2.19. The Hall–Kier alpha value is -0.690. The molecule has 0 spiro atoms. The fraction of sp³-hybridized carbons (Fsp3) is 0.786. The van der Waals surface area contributed by atoms with Crippen LogP contribution < -0.4 is 10.2 Å². The maximum absolute atomic E-state index is 5.05. The summed E-state index contributed by atoms with van der Waals surface area (Å²) in [7, 11) is 3.93. The topological polar surface area (TPSA) is 40.6 Å². The predicted octanol–water partition coefficient (Wildman–Crippen LogP) is 1.33. The molecule has 1 aromatic heterocycles. The summed E-state index contributed by atoms with van der Waals surface area (Å²) in [6, 6.07) is 0. The zero-order valence-electron chi connectivity index (χ0n) is 12.8. The standard InChI is InChI=1S/C14H26N4OS/c1-12-13(11-15-5-10-19-3)20-14(16-12)18-7-4-6-17(2)8-9-18/h15H,4-11H2,1-3H3. The summed E-state index contributed by atoms with van der Waals surface area (Å²) in [5.74, 6) is 0. The van der Waals surface area contributed by atoms with Crippen molar-refractivity contribution in [2.45, 2.75) is 19.9 Å². The maximum atomic E-state index is 5.05. The Morgan fingerprint density at radius 3 is 2.95 bits per heavy atom. The lowest BCUT2D eigenvalue weighted by atomic mass is 10.4. The van der Waals surface area contributed by atoms with Gasteiger partial charge in [0.2, 0.25) is 0 Å². The molecule has 114 valence electrons. The average molecular weight is 298 g/mol. The summed E-state index contributed by atoms with van der Waals surface area (Å²) in [6.45, 7) is 9.15. The van der Waals surface area contributed by atoms with Gasteiger partial charge < -0.3 is 19.9 Å². The number of nitrogens with one attached hydrogen (secondary N) is 1. The number of hydrogen-bond acceptors (Lipinski definition) is 6. The van der Waals surface area contributed by atoms with Gasteiger partial charge in [0.25, 0.3) is 0 Å². The van der Waals surface area contributed by atoms with Crippen molar-refractivity contribution < 1.29 is 4.74 Å². The van der Waals surface area contributed by atoms with Crippen molar-refractivity contribution >= 4 is 16.5 Å². The van der Waals surface area contributed by atoms with Crippen molar-refractivity contribution in [2.75, 3.05) is 58.4 Å². The number of likely N-dealkylation sites (N-methyl/N-ethyl adjacent to an activating group) is 1. The summed E-state index contributed by atoms with van der Waals surface area (Å²) in [4.78, 5) is 10.9. The van der Waals surface area contributed by atoms with Crippen molar-refractivity contribution in [1.82, 2.24) is 15.2 Å². The minimum atomic E-state index is 0.753. The van der Waals surface area contributed by atoms with E-state index in [1.165, 1.54) is 23.0 Å². The molecule has 0 atom stereocenters. The van der Waals surface area contributed by atoms with Crippen LogP contribution in [0.1, 0.15) is 17.0 Å². The molecule has 2 heterocycles. The van der Waals surface area contributed by atoms with Crippen LogP contribution in [0.4, 0.5) is 5.13 Å². The second kappa shape index (κ2) is 7.93. The van der Waals surface area contributed by atoms with E-state index in [1.54, 1.807) is 7.11 Å². The Kier molecular flexibility index (Phi) is 6.22. The summed E-state index contributed by atoms with van der Waals surface area (Å²) in [5.41, 5.74) is 1.16. The number of hydrogen-bond donors (Lipinski definition) is 1. The molecule has 1 N–H and O–H groups in total. The van der Waals surface area contributed by atoms with Gasteiger partial charge in [-0.25, -0.2) is 4.98 Å². The van der Waals surface area contributed by atoms with E-state index in [9.17, 15) is 0 Å². The first kappa shape index (κ1) is 15.7. The largest absolute Gasteiger partial charge is 0.383 e. The molecule has 5 nitrogen and oxygen atoms in total. The van der Waals surface area contributed by atoms with Gasteiger partial charge in [-0.05, 0) is 26.9 Å². The molecule has 0 amide bonds. The van der Waals surface area contributed by atoms with Crippen LogP contribution in [-0.4, -0.2) is 63.4 Å². The van der Waals surface area contributed by atoms with Gasteiger partial charge in [0.1, 0.15) is 0 Å². The van der Waals surface area contributed by atoms with Crippen LogP contribution in [0.25, 0.3) is 0 Å². The number of anilines is 1. The van der Waals surface area contributed by atoms with Gasteiger partial charge in [-0.3, -0.25) is 0 Å². The normalized spacial score (nSPS) is 17.4. The first-order valence-electron chi connectivity index (χ1n) is 7.30. The summed E-state index contributed by atoms with van der Waals surface area (Å²) < 4.78 is 5.05. The number of nitrogens with zero attached hydrogens (tertiary/aromatic N) is 3. The molecule has 1 aliphatic heterocycles. The molecule has 6 heteroatoms. The lowest BCUT2D eigenvalue weighted by molar-refractivity contribution is 0.199. The number of aromatic nitrogens is 1. The van der Waals surface area contributed by atoms with Crippen molar-refractivity contribution in [2.24, 2.45) is 0 Å². The van der Waals surface area contributed by atoms with Crippen LogP contribution in [0.3, 0.4) is 0 Å².